The number of anilines is 1. The molecule has 7 heteroatoms. The van der Waals surface area contributed by atoms with Crippen LogP contribution in [-0.2, 0) is 17.9 Å². The zero-order valence-electron chi connectivity index (χ0n) is 20.7. The van der Waals surface area contributed by atoms with Crippen LogP contribution in [0.4, 0.5) is 5.69 Å². The second-order valence-corrected chi connectivity index (χ2v) is 9.34. The summed E-state index contributed by atoms with van der Waals surface area (Å²) in [5, 5.41) is 2.96. The Kier molecular flexibility index (Phi) is 7.47. The molecule has 36 heavy (non-hydrogen) atoms. The molecular formula is C29H33N5O2. The fourth-order valence-corrected chi connectivity index (χ4v) is 4.61. The molecule has 0 unspecified atom stereocenters. The molecule has 5 rings (SSSR count). The smallest absolute Gasteiger partial charge is 0.240 e. The van der Waals surface area contributed by atoms with Crippen molar-refractivity contribution < 1.29 is 9.53 Å². The van der Waals surface area contributed by atoms with Gasteiger partial charge in [-0.25, -0.2) is 4.98 Å². The zero-order valence-corrected chi connectivity index (χ0v) is 20.7. The number of ether oxygens (including phenoxy) is 1. The van der Waals surface area contributed by atoms with Crippen molar-refractivity contribution in [3.63, 3.8) is 0 Å². The normalized spacial score (nSPS) is 15.1. The minimum atomic E-state index is -0.134. The van der Waals surface area contributed by atoms with Gasteiger partial charge in [0.15, 0.2) is 0 Å². The van der Waals surface area contributed by atoms with E-state index in [2.05, 4.69) is 62.6 Å². The Hall–Kier alpha value is -3.84. The Balaban J connectivity index is 1.04. The number of fused-ring (bicyclic) bond motifs is 1. The molecule has 0 spiro atoms. The number of hydrogen-bond donors (Lipinski definition) is 1. The molecule has 1 N–H and O–H groups in total. The average Bonchev–Trinajstić information content (AvgIpc) is 3.32. The average molecular weight is 484 g/mol. The van der Waals surface area contributed by atoms with Gasteiger partial charge in [0.2, 0.25) is 5.91 Å². The van der Waals surface area contributed by atoms with Gasteiger partial charge in [-0.1, -0.05) is 42.5 Å². The van der Waals surface area contributed by atoms with Crippen molar-refractivity contribution >= 4 is 22.6 Å². The Morgan fingerprint density at radius 3 is 2.44 bits per heavy atom. The largest absolute Gasteiger partial charge is 0.489 e. The Morgan fingerprint density at radius 1 is 0.944 bits per heavy atom. The van der Waals surface area contributed by atoms with Crippen LogP contribution in [0.1, 0.15) is 12.5 Å². The first-order valence-corrected chi connectivity index (χ1v) is 12.6. The number of rotatable bonds is 9. The highest BCUT2D eigenvalue weighted by Crippen LogP contribution is 2.19. The summed E-state index contributed by atoms with van der Waals surface area (Å²) in [6.45, 7) is 7.79. The number of piperazine rings is 1. The highest BCUT2D eigenvalue weighted by Gasteiger charge is 2.17. The number of nitrogens with one attached hydrogen (secondary N) is 1. The van der Waals surface area contributed by atoms with Gasteiger partial charge in [0.05, 0.1) is 23.9 Å². The fraction of sp³-hybridized carbons (Fsp3) is 0.310. The van der Waals surface area contributed by atoms with Crippen LogP contribution in [0.3, 0.4) is 0 Å². The molecule has 186 valence electrons. The maximum Gasteiger partial charge on any atom is 0.240 e. The first-order chi connectivity index (χ1) is 17.6. The van der Waals surface area contributed by atoms with Crippen molar-refractivity contribution in [1.82, 2.24) is 19.8 Å². The predicted octanol–water partition coefficient (Wildman–Crippen LogP) is 3.94. The molecule has 4 aromatic rings. The SMILES string of the molecule is C[C@H](CNC(=O)Cn1cnc2ccccc21)Oc1ccc(CN2CCN(c3ccccc3)CC2)cc1. The molecule has 0 bridgehead atoms. The molecule has 1 fully saturated rings. The van der Waals surface area contributed by atoms with Crippen molar-refractivity contribution in [1.29, 1.82) is 0 Å². The number of hydrogen-bond acceptors (Lipinski definition) is 5. The Labute approximate surface area is 212 Å². The minimum Gasteiger partial charge on any atom is -0.489 e. The van der Waals surface area contributed by atoms with E-state index >= 15 is 0 Å². The predicted molar refractivity (Wildman–Crippen MR) is 143 cm³/mol. The number of carbonyl (C=O) groups excluding carboxylic acids is 1. The van der Waals surface area contributed by atoms with Crippen molar-refractivity contribution in [2.24, 2.45) is 0 Å². The maximum atomic E-state index is 12.4. The van der Waals surface area contributed by atoms with E-state index in [1.165, 1.54) is 11.3 Å². The van der Waals surface area contributed by atoms with Gasteiger partial charge in [0.25, 0.3) is 0 Å². The van der Waals surface area contributed by atoms with Crippen molar-refractivity contribution in [3.8, 4) is 5.75 Å². The van der Waals surface area contributed by atoms with Crippen LogP contribution >= 0.6 is 0 Å². The molecule has 1 atom stereocenters. The first kappa shape index (κ1) is 23.9. The molecular weight excluding hydrogens is 450 g/mol. The standard InChI is InChI=1S/C29H33N5O2/c1-23(19-30-29(35)21-34-22-31-27-9-5-6-10-28(27)34)36-26-13-11-24(12-14-26)20-32-15-17-33(18-16-32)25-7-3-2-4-8-25/h2-14,22-23H,15-21H2,1H3,(H,30,35)/t23-/m1/s1. The van der Waals surface area contributed by atoms with Crippen LogP contribution in [0, 0.1) is 0 Å². The van der Waals surface area contributed by atoms with Gasteiger partial charge in [-0.15, -0.1) is 0 Å². The highest BCUT2D eigenvalue weighted by molar-refractivity contribution is 5.80. The van der Waals surface area contributed by atoms with Gasteiger partial charge in [0, 0.05) is 38.4 Å². The minimum absolute atomic E-state index is 0.0590. The van der Waals surface area contributed by atoms with Crippen molar-refractivity contribution in [2.45, 2.75) is 26.1 Å². The third-order valence-electron chi connectivity index (χ3n) is 6.59. The molecule has 1 aromatic heterocycles. The van der Waals surface area contributed by atoms with Crippen LogP contribution in [0.15, 0.2) is 85.2 Å². The third kappa shape index (κ3) is 6.04. The fourth-order valence-electron chi connectivity index (χ4n) is 4.61. The van der Waals surface area contributed by atoms with Crippen molar-refractivity contribution in [2.75, 3.05) is 37.6 Å². The van der Waals surface area contributed by atoms with Crippen molar-refractivity contribution in [3.05, 3.63) is 90.8 Å². The molecule has 1 amide bonds. The number of amides is 1. The lowest BCUT2D eigenvalue weighted by atomic mass is 10.2. The number of benzene rings is 3. The van der Waals surface area contributed by atoms with E-state index in [0.29, 0.717) is 6.54 Å². The summed E-state index contributed by atoms with van der Waals surface area (Å²) in [6.07, 6.45) is 1.57. The van der Waals surface area contributed by atoms with Gasteiger partial charge < -0.3 is 19.5 Å². The lowest BCUT2D eigenvalue weighted by molar-refractivity contribution is -0.121. The molecule has 1 saturated heterocycles. The maximum absolute atomic E-state index is 12.4. The summed E-state index contributed by atoms with van der Waals surface area (Å²) >= 11 is 0. The summed E-state index contributed by atoms with van der Waals surface area (Å²) in [4.78, 5) is 21.7. The monoisotopic (exact) mass is 483 g/mol. The summed E-state index contributed by atoms with van der Waals surface area (Å²) in [5.74, 6) is 0.756. The Morgan fingerprint density at radius 2 is 1.67 bits per heavy atom. The van der Waals surface area contributed by atoms with Gasteiger partial charge >= 0.3 is 0 Å². The molecule has 0 radical (unpaired) electrons. The lowest BCUT2D eigenvalue weighted by Crippen LogP contribution is -2.45. The summed E-state index contributed by atoms with van der Waals surface area (Å²) in [5.41, 5.74) is 4.43. The van der Waals surface area contributed by atoms with Crippen LogP contribution in [0.5, 0.6) is 5.75 Å². The Bertz CT molecular complexity index is 1260. The number of nitrogens with zero attached hydrogens (tertiary/aromatic N) is 4. The van der Waals surface area contributed by atoms with Gasteiger partial charge in [0.1, 0.15) is 18.4 Å². The summed E-state index contributed by atoms with van der Waals surface area (Å²) < 4.78 is 7.88. The molecule has 1 aliphatic rings. The van der Waals surface area contributed by atoms with Crippen LogP contribution in [0.25, 0.3) is 11.0 Å². The number of carbonyl (C=O) groups is 1. The second kappa shape index (κ2) is 11.3. The zero-order chi connectivity index (χ0) is 24.7. The van der Waals surface area contributed by atoms with Gasteiger partial charge in [-0.3, -0.25) is 9.69 Å². The third-order valence-corrected chi connectivity index (χ3v) is 6.59. The molecule has 2 heterocycles. The van der Waals surface area contributed by atoms with E-state index in [1.807, 2.05) is 47.9 Å². The number of para-hydroxylation sites is 3. The molecule has 3 aromatic carbocycles. The van der Waals surface area contributed by atoms with Crippen LogP contribution in [0.2, 0.25) is 0 Å². The first-order valence-electron chi connectivity index (χ1n) is 12.6. The molecule has 0 saturated carbocycles. The van der Waals surface area contributed by atoms with E-state index in [-0.39, 0.29) is 18.6 Å². The topological polar surface area (TPSA) is 62.6 Å². The molecule has 1 aliphatic heterocycles. The van der Waals surface area contributed by atoms with Crippen LogP contribution in [-0.4, -0.2) is 59.2 Å². The quantitative estimate of drug-likeness (QED) is 0.391. The van der Waals surface area contributed by atoms with E-state index in [1.54, 1.807) is 6.33 Å². The molecule has 7 nitrogen and oxygen atoms in total. The van der Waals surface area contributed by atoms with E-state index in [4.69, 9.17) is 4.74 Å². The lowest BCUT2D eigenvalue weighted by Gasteiger charge is -2.36. The molecule has 0 aliphatic carbocycles. The van der Waals surface area contributed by atoms with E-state index < -0.39 is 0 Å². The van der Waals surface area contributed by atoms with Gasteiger partial charge in [-0.05, 0) is 48.9 Å². The van der Waals surface area contributed by atoms with Crippen LogP contribution < -0.4 is 15.0 Å². The summed E-state index contributed by atoms with van der Waals surface area (Å²) in [7, 11) is 0. The summed E-state index contributed by atoms with van der Waals surface area (Å²) in [6, 6.07) is 26.7. The van der Waals surface area contributed by atoms with Gasteiger partial charge in [-0.2, -0.15) is 0 Å². The second-order valence-electron chi connectivity index (χ2n) is 9.34. The number of imidazole rings is 1. The number of aromatic nitrogens is 2. The van der Waals surface area contributed by atoms with E-state index in [9.17, 15) is 4.79 Å². The van der Waals surface area contributed by atoms with E-state index in [0.717, 1.165) is 49.5 Å². The highest BCUT2D eigenvalue weighted by atomic mass is 16.5.